The van der Waals surface area contributed by atoms with Crippen LogP contribution in [0.5, 0.6) is 0 Å². The van der Waals surface area contributed by atoms with Gasteiger partial charge >= 0.3 is 0 Å². The fourth-order valence-electron chi connectivity index (χ4n) is 2.03. The Kier molecular flexibility index (Phi) is 6.73. The van der Waals surface area contributed by atoms with Crippen molar-refractivity contribution in [1.82, 2.24) is 10.3 Å². The van der Waals surface area contributed by atoms with E-state index in [1.807, 2.05) is 7.05 Å². The highest BCUT2D eigenvalue weighted by Gasteiger charge is 2.06. The average Bonchev–Trinajstić information content (AvgIpc) is 2.39. The van der Waals surface area contributed by atoms with Gasteiger partial charge in [0.2, 0.25) is 0 Å². The first-order chi connectivity index (χ1) is 8.71. The molecule has 0 bridgehead atoms. The zero-order valence-electron chi connectivity index (χ0n) is 12.3. The average molecular weight is 249 g/mol. The molecule has 0 amide bonds. The number of rotatable bonds is 8. The van der Waals surface area contributed by atoms with Crippen molar-refractivity contribution in [3.8, 4) is 0 Å². The molecule has 0 radical (unpaired) electrons. The van der Waals surface area contributed by atoms with E-state index in [2.05, 4.69) is 43.2 Å². The van der Waals surface area contributed by atoms with Crippen LogP contribution in [0.3, 0.4) is 0 Å². The van der Waals surface area contributed by atoms with Crippen molar-refractivity contribution in [3.63, 3.8) is 0 Å². The molecule has 0 saturated heterocycles. The van der Waals surface area contributed by atoms with Crippen molar-refractivity contribution in [2.75, 3.05) is 25.5 Å². The fraction of sp³-hybridized carbons (Fsp3) is 0.667. The van der Waals surface area contributed by atoms with Gasteiger partial charge in [-0.25, -0.2) is 4.98 Å². The Bertz CT molecular complexity index is 350. The zero-order chi connectivity index (χ0) is 13.4. The third kappa shape index (κ3) is 4.65. The van der Waals surface area contributed by atoms with Crippen molar-refractivity contribution < 1.29 is 0 Å². The molecule has 1 N–H and O–H groups in total. The van der Waals surface area contributed by atoms with Crippen LogP contribution in [-0.4, -0.2) is 25.6 Å². The lowest BCUT2D eigenvalue weighted by atomic mass is 10.2. The summed E-state index contributed by atoms with van der Waals surface area (Å²) in [5.74, 6) is 1.11. The second-order valence-electron chi connectivity index (χ2n) is 4.84. The molecular weight excluding hydrogens is 222 g/mol. The van der Waals surface area contributed by atoms with E-state index in [1.165, 1.54) is 30.5 Å². The summed E-state index contributed by atoms with van der Waals surface area (Å²) >= 11 is 0. The van der Waals surface area contributed by atoms with Crippen molar-refractivity contribution in [2.24, 2.45) is 0 Å². The lowest BCUT2D eigenvalue weighted by Crippen LogP contribution is -2.20. The summed E-state index contributed by atoms with van der Waals surface area (Å²) in [6, 6.07) is 4.39. The van der Waals surface area contributed by atoms with Crippen LogP contribution in [0.2, 0.25) is 0 Å². The third-order valence-electron chi connectivity index (χ3n) is 3.16. The largest absolute Gasteiger partial charge is 0.360 e. The quantitative estimate of drug-likeness (QED) is 0.718. The summed E-state index contributed by atoms with van der Waals surface area (Å²) in [6.45, 7) is 6.39. The molecule has 0 unspecified atom stereocenters. The van der Waals surface area contributed by atoms with Crippen LogP contribution in [0, 0.1) is 0 Å². The smallest absolute Gasteiger partial charge is 0.128 e. The van der Waals surface area contributed by atoms with E-state index in [0.29, 0.717) is 0 Å². The van der Waals surface area contributed by atoms with Crippen LogP contribution in [0.25, 0.3) is 0 Å². The minimum absolute atomic E-state index is 0.908. The van der Waals surface area contributed by atoms with Gasteiger partial charge in [-0.15, -0.1) is 0 Å². The molecule has 0 aromatic carbocycles. The topological polar surface area (TPSA) is 28.2 Å². The van der Waals surface area contributed by atoms with E-state index in [1.54, 1.807) is 0 Å². The number of anilines is 1. The van der Waals surface area contributed by atoms with Crippen LogP contribution in [0.15, 0.2) is 12.1 Å². The zero-order valence-corrected chi connectivity index (χ0v) is 12.3. The number of hydrogen-bond donors (Lipinski definition) is 1. The molecule has 1 aromatic heterocycles. The first-order valence-electron chi connectivity index (χ1n) is 7.06. The van der Waals surface area contributed by atoms with Crippen molar-refractivity contribution >= 4 is 5.82 Å². The molecule has 3 heteroatoms. The molecule has 1 aromatic rings. The highest BCUT2D eigenvalue weighted by molar-refractivity contribution is 5.42. The van der Waals surface area contributed by atoms with Gasteiger partial charge in [-0.3, -0.25) is 0 Å². The van der Waals surface area contributed by atoms with Crippen LogP contribution in [0.4, 0.5) is 5.82 Å². The first-order valence-corrected chi connectivity index (χ1v) is 7.06. The van der Waals surface area contributed by atoms with Crippen molar-refractivity contribution in [2.45, 2.75) is 46.1 Å². The molecule has 18 heavy (non-hydrogen) atoms. The Morgan fingerprint density at radius 1 is 1.22 bits per heavy atom. The highest BCUT2D eigenvalue weighted by atomic mass is 15.2. The minimum Gasteiger partial charge on any atom is -0.360 e. The van der Waals surface area contributed by atoms with Crippen molar-refractivity contribution in [1.29, 1.82) is 0 Å². The Morgan fingerprint density at radius 2 is 2.00 bits per heavy atom. The SMILES string of the molecule is CCCCCN(C)c1cc(CNC)cc(CC)n1. The molecular formula is C15H27N3. The molecule has 3 nitrogen and oxygen atoms in total. The van der Waals surface area contributed by atoms with E-state index in [4.69, 9.17) is 4.98 Å². The summed E-state index contributed by atoms with van der Waals surface area (Å²) in [7, 11) is 4.12. The summed E-state index contributed by atoms with van der Waals surface area (Å²) in [5, 5.41) is 3.21. The van der Waals surface area contributed by atoms with Crippen LogP contribution >= 0.6 is 0 Å². The number of hydrogen-bond acceptors (Lipinski definition) is 3. The van der Waals surface area contributed by atoms with E-state index >= 15 is 0 Å². The maximum atomic E-state index is 4.71. The highest BCUT2D eigenvalue weighted by Crippen LogP contribution is 2.15. The minimum atomic E-state index is 0.908. The fourth-order valence-corrected chi connectivity index (χ4v) is 2.03. The summed E-state index contributed by atoms with van der Waals surface area (Å²) < 4.78 is 0. The predicted octanol–water partition coefficient (Wildman–Crippen LogP) is 2.99. The number of aromatic nitrogens is 1. The van der Waals surface area contributed by atoms with Gasteiger partial charge < -0.3 is 10.2 Å². The maximum Gasteiger partial charge on any atom is 0.128 e. The van der Waals surface area contributed by atoms with Crippen LogP contribution in [0.1, 0.15) is 44.4 Å². The molecule has 0 atom stereocenters. The Balaban J connectivity index is 2.75. The molecule has 0 fully saturated rings. The molecule has 0 aliphatic rings. The van der Waals surface area contributed by atoms with Crippen LogP contribution in [-0.2, 0) is 13.0 Å². The summed E-state index contributed by atoms with van der Waals surface area (Å²) in [4.78, 5) is 6.98. The van der Waals surface area contributed by atoms with Gasteiger partial charge in [-0.05, 0) is 37.6 Å². The van der Waals surface area contributed by atoms with Gasteiger partial charge in [0.25, 0.3) is 0 Å². The van der Waals surface area contributed by atoms with Gasteiger partial charge in [0, 0.05) is 25.8 Å². The number of pyridine rings is 1. The van der Waals surface area contributed by atoms with Gasteiger partial charge in [-0.1, -0.05) is 26.7 Å². The van der Waals surface area contributed by atoms with E-state index in [9.17, 15) is 0 Å². The van der Waals surface area contributed by atoms with Gasteiger partial charge in [0.1, 0.15) is 5.82 Å². The predicted molar refractivity (Wildman–Crippen MR) is 79.2 cm³/mol. The molecule has 1 rings (SSSR count). The Labute approximate surface area is 112 Å². The van der Waals surface area contributed by atoms with Gasteiger partial charge in [0.15, 0.2) is 0 Å². The number of nitrogens with zero attached hydrogens (tertiary/aromatic N) is 2. The number of unbranched alkanes of at least 4 members (excludes halogenated alkanes) is 2. The monoisotopic (exact) mass is 249 g/mol. The van der Waals surface area contributed by atoms with E-state index < -0.39 is 0 Å². The van der Waals surface area contributed by atoms with Crippen molar-refractivity contribution in [3.05, 3.63) is 23.4 Å². The number of aryl methyl sites for hydroxylation is 1. The molecule has 102 valence electrons. The van der Waals surface area contributed by atoms with E-state index in [0.717, 1.165) is 25.3 Å². The number of nitrogens with one attached hydrogen (secondary N) is 1. The molecule has 0 spiro atoms. The molecule has 0 aliphatic heterocycles. The lowest BCUT2D eigenvalue weighted by molar-refractivity contribution is 0.699. The summed E-state index contributed by atoms with van der Waals surface area (Å²) in [6.07, 6.45) is 4.79. The normalized spacial score (nSPS) is 10.7. The first kappa shape index (κ1) is 15.0. The van der Waals surface area contributed by atoms with Crippen LogP contribution < -0.4 is 10.2 Å². The van der Waals surface area contributed by atoms with Gasteiger partial charge in [-0.2, -0.15) is 0 Å². The summed E-state index contributed by atoms with van der Waals surface area (Å²) in [5.41, 5.74) is 2.50. The lowest BCUT2D eigenvalue weighted by Gasteiger charge is -2.19. The molecule has 0 saturated carbocycles. The van der Waals surface area contributed by atoms with E-state index in [-0.39, 0.29) is 0 Å². The third-order valence-corrected chi connectivity index (χ3v) is 3.16. The molecule has 0 aliphatic carbocycles. The Hall–Kier alpha value is -1.09. The Morgan fingerprint density at radius 3 is 2.61 bits per heavy atom. The maximum absolute atomic E-state index is 4.71. The van der Waals surface area contributed by atoms with Gasteiger partial charge in [0.05, 0.1) is 0 Å². The standard InChI is InChI=1S/C15H27N3/c1-5-7-8-9-18(4)15-11-13(12-16-3)10-14(6-2)17-15/h10-11,16H,5-9,12H2,1-4H3. The second kappa shape index (κ2) is 8.09. The second-order valence-corrected chi connectivity index (χ2v) is 4.84. The molecule has 1 heterocycles.